The normalized spacial score (nSPS) is 14.7. The van der Waals surface area contributed by atoms with Gasteiger partial charge in [-0.15, -0.1) is 0 Å². The molecule has 1 amide bonds. The van der Waals surface area contributed by atoms with Crippen LogP contribution in [0.1, 0.15) is 15.9 Å². The van der Waals surface area contributed by atoms with E-state index in [-0.39, 0.29) is 29.7 Å². The molecule has 15 nitrogen and oxygen atoms in total. The lowest BCUT2D eigenvalue weighted by molar-refractivity contribution is -0.384. The van der Waals surface area contributed by atoms with Gasteiger partial charge in [0.25, 0.3) is 11.6 Å². The highest BCUT2D eigenvalue weighted by Gasteiger charge is 2.30. The quantitative estimate of drug-likeness (QED) is 0.326. The van der Waals surface area contributed by atoms with E-state index in [9.17, 15) is 25.0 Å². The Bertz CT molecular complexity index is 1390. The van der Waals surface area contributed by atoms with E-state index >= 15 is 0 Å². The monoisotopic (exact) mass is 522 g/mol. The van der Waals surface area contributed by atoms with E-state index in [2.05, 4.69) is 25.7 Å². The summed E-state index contributed by atoms with van der Waals surface area (Å²) in [7, 11) is 0. The Labute approximate surface area is 215 Å². The van der Waals surface area contributed by atoms with Crippen LogP contribution in [0.25, 0.3) is 0 Å². The lowest BCUT2D eigenvalue weighted by atomic mass is 10.1. The molecule has 1 saturated heterocycles. The van der Waals surface area contributed by atoms with E-state index in [4.69, 9.17) is 9.47 Å². The SMILES string of the molecule is O=C(NNc1ncnc(N2CCN(Cc3ccc4c(c3)OCO4)CC2)c1[N+](=O)[O-])c1cccc([N+](=O)[O-])c1. The summed E-state index contributed by atoms with van der Waals surface area (Å²) in [5.74, 6) is 0.636. The zero-order chi connectivity index (χ0) is 26.6. The summed E-state index contributed by atoms with van der Waals surface area (Å²) in [5, 5.41) is 22.9. The number of nitrogens with zero attached hydrogens (tertiary/aromatic N) is 6. The molecule has 196 valence electrons. The second-order valence-electron chi connectivity index (χ2n) is 8.49. The molecule has 1 aromatic heterocycles. The molecule has 5 rings (SSSR count). The molecule has 1 fully saturated rings. The van der Waals surface area contributed by atoms with Gasteiger partial charge in [0.2, 0.25) is 18.4 Å². The van der Waals surface area contributed by atoms with Gasteiger partial charge >= 0.3 is 5.69 Å². The van der Waals surface area contributed by atoms with Gasteiger partial charge in [-0.3, -0.25) is 40.8 Å². The Balaban J connectivity index is 1.24. The summed E-state index contributed by atoms with van der Waals surface area (Å²) in [6.07, 6.45) is 1.17. The van der Waals surface area contributed by atoms with E-state index in [1.807, 2.05) is 18.2 Å². The zero-order valence-electron chi connectivity index (χ0n) is 19.9. The number of amides is 1. The van der Waals surface area contributed by atoms with Crippen LogP contribution in [0.5, 0.6) is 11.5 Å². The standard InChI is InChI=1S/C23H22N8O7/c32-23(16-2-1-3-17(11-16)30(33)34)27-26-21-20(31(35)36)22(25-13-24-21)29-8-6-28(7-9-29)12-15-4-5-18-19(10-15)38-14-37-18/h1-5,10-11,13H,6-9,12,14H2,(H,27,32)(H,24,25,26). The fourth-order valence-corrected chi connectivity index (χ4v) is 4.22. The minimum Gasteiger partial charge on any atom is -0.454 e. The van der Waals surface area contributed by atoms with Gasteiger partial charge in [0.15, 0.2) is 11.5 Å². The maximum Gasteiger partial charge on any atom is 0.355 e. The number of hydrogen-bond acceptors (Lipinski definition) is 12. The number of carbonyl (C=O) groups excluding carboxylic acids is 1. The number of rotatable bonds is 8. The fourth-order valence-electron chi connectivity index (χ4n) is 4.22. The summed E-state index contributed by atoms with van der Waals surface area (Å²) in [6.45, 7) is 3.16. The highest BCUT2D eigenvalue weighted by atomic mass is 16.7. The number of ether oxygens (including phenoxy) is 2. The number of carbonyl (C=O) groups is 1. The summed E-state index contributed by atoms with van der Waals surface area (Å²) in [5.41, 5.74) is 5.19. The Morgan fingerprint density at radius 2 is 1.76 bits per heavy atom. The maximum absolute atomic E-state index is 12.5. The van der Waals surface area contributed by atoms with E-state index in [0.29, 0.717) is 32.7 Å². The van der Waals surface area contributed by atoms with Crippen LogP contribution in [0.4, 0.5) is 23.0 Å². The zero-order valence-corrected chi connectivity index (χ0v) is 19.9. The van der Waals surface area contributed by atoms with E-state index in [0.717, 1.165) is 23.1 Å². The number of non-ortho nitro benzene ring substituents is 1. The first-order valence-corrected chi connectivity index (χ1v) is 11.5. The molecule has 0 radical (unpaired) electrons. The molecule has 0 atom stereocenters. The average molecular weight is 522 g/mol. The van der Waals surface area contributed by atoms with Crippen molar-refractivity contribution >= 4 is 28.9 Å². The summed E-state index contributed by atoms with van der Waals surface area (Å²) in [6, 6.07) is 10.9. The first kappa shape index (κ1) is 24.6. The number of nitro benzene ring substituents is 1. The number of aromatic nitrogens is 2. The van der Waals surface area contributed by atoms with Crippen LogP contribution in [0.2, 0.25) is 0 Å². The number of piperazine rings is 1. The van der Waals surface area contributed by atoms with Crippen molar-refractivity contribution in [1.82, 2.24) is 20.3 Å². The van der Waals surface area contributed by atoms with Crippen molar-refractivity contribution in [1.29, 1.82) is 0 Å². The Kier molecular flexibility index (Phi) is 6.82. The van der Waals surface area contributed by atoms with E-state index in [1.54, 1.807) is 4.90 Å². The smallest absolute Gasteiger partial charge is 0.355 e. The lowest BCUT2D eigenvalue weighted by Gasteiger charge is -2.35. The molecule has 3 aromatic rings. The minimum atomic E-state index is -0.722. The molecule has 3 heterocycles. The first-order valence-electron chi connectivity index (χ1n) is 11.5. The van der Waals surface area contributed by atoms with Crippen molar-refractivity contribution in [3.8, 4) is 11.5 Å². The van der Waals surface area contributed by atoms with Gasteiger partial charge in [-0.25, -0.2) is 9.97 Å². The van der Waals surface area contributed by atoms with Crippen LogP contribution >= 0.6 is 0 Å². The van der Waals surface area contributed by atoms with Gasteiger partial charge in [-0.1, -0.05) is 12.1 Å². The number of nitrogens with one attached hydrogen (secondary N) is 2. The molecule has 2 aromatic carbocycles. The van der Waals surface area contributed by atoms with Crippen LogP contribution < -0.4 is 25.2 Å². The topological polar surface area (TPSA) is 178 Å². The van der Waals surface area contributed by atoms with Crippen molar-refractivity contribution in [2.24, 2.45) is 0 Å². The number of nitro groups is 2. The second kappa shape index (κ2) is 10.5. The third kappa shape index (κ3) is 5.22. The predicted octanol–water partition coefficient (Wildman–Crippen LogP) is 2.10. The average Bonchev–Trinajstić information content (AvgIpc) is 3.40. The fraction of sp³-hybridized carbons (Fsp3) is 0.261. The molecule has 0 bridgehead atoms. The highest BCUT2D eigenvalue weighted by Crippen LogP contribution is 2.34. The molecule has 0 aliphatic carbocycles. The Morgan fingerprint density at radius 3 is 2.53 bits per heavy atom. The van der Waals surface area contributed by atoms with E-state index < -0.39 is 21.4 Å². The minimum absolute atomic E-state index is 0.00205. The van der Waals surface area contributed by atoms with Crippen molar-refractivity contribution in [3.05, 3.63) is 80.1 Å². The van der Waals surface area contributed by atoms with E-state index in [1.165, 1.54) is 24.5 Å². The van der Waals surface area contributed by atoms with Gasteiger partial charge in [-0.05, 0) is 23.8 Å². The van der Waals surface area contributed by atoms with Crippen LogP contribution in [0.15, 0.2) is 48.8 Å². The molecule has 15 heteroatoms. The summed E-state index contributed by atoms with van der Waals surface area (Å²) < 4.78 is 10.8. The molecule has 0 spiro atoms. The molecule has 0 saturated carbocycles. The molecular formula is C23H22N8O7. The third-order valence-electron chi connectivity index (χ3n) is 6.11. The number of fused-ring (bicyclic) bond motifs is 1. The van der Waals surface area contributed by atoms with Crippen molar-refractivity contribution < 1.29 is 24.1 Å². The molecule has 2 aliphatic rings. The van der Waals surface area contributed by atoms with Gasteiger partial charge in [-0.2, -0.15) is 0 Å². The van der Waals surface area contributed by atoms with Crippen molar-refractivity contribution in [2.45, 2.75) is 6.54 Å². The third-order valence-corrected chi connectivity index (χ3v) is 6.11. The molecular weight excluding hydrogens is 500 g/mol. The largest absolute Gasteiger partial charge is 0.454 e. The number of anilines is 2. The van der Waals surface area contributed by atoms with Crippen molar-refractivity contribution in [3.63, 3.8) is 0 Å². The lowest BCUT2D eigenvalue weighted by Crippen LogP contribution is -2.46. The van der Waals surface area contributed by atoms with Crippen LogP contribution in [-0.4, -0.2) is 63.6 Å². The maximum atomic E-state index is 12.5. The second-order valence-corrected chi connectivity index (χ2v) is 8.49. The van der Waals surface area contributed by atoms with Gasteiger partial charge in [0.1, 0.15) is 6.33 Å². The number of hydrogen-bond donors (Lipinski definition) is 2. The first-order chi connectivity index (χ1) is 18.4. The number of benzene rings is 2. The summed E-state index contributed by atoms with van der Waals surface area (Å²) in [4.78, 5) is 46.2. The van der Waals surface area contributed by atoms with Gasteiger partial charge in [0, 0.05) is 50.4 Å². The van der Waals surface area contributed by atoms with Crippen LogP contribution in [-0.2, 0) is 6.54 Å². The molecule has 2 aliphatic heterocycles. The molecule has 38 heavy (non-hydrogen) atoms. The highest BCUT2D eigenvalue weighted by molar-refractivity contribution is 5.95. The van der Waals surface area contributed by atoms with Crippen LogP contribution in [0, 0.1) is 20.2 Å². The van der Waals surface area contributed by atoms with Crippen LogP contribution in [0.3, 0.4) is 0 Å². The van der Waals surface area contributed by atoms with Gasteiger partial charge in [0.05, 0.1) is 9.85 Å². The van der Waals surface area contributed by atoms with Crippen molar-refractivity contribution in [2.75, 3.05) is 43.3 Å². The predicted molar refractivity (Wildman–Crippen MR) is 133 cm³/mol. The van der Waals surface area contributed by atoms with Gasteiger partial charge < -0.3 is 14.4 Å². The Morgan fingerprint density at radius 1 is 0.974 bits per heavy atom. The Hall–Kier alpha value is -5.05. The summed E-state index contributed by atoms with van der Waals surface area (Å²) >= 11 is 0. The molecule has 0 unspecified atom stereocenters. The number of hydrazine groups is 1. The molecule has 2 N–H and O–H groups in total.